The molecule has 1 aromatic carbocycles. The van der Waals surface area contributed by atoms with Gasteiger partial charge in [-0.1, -0.05) is 28.8 Å². The van der Waals surface area contributed by atoms with Crippen LogP contribution in [0.15, 0.2) is 22.7 Å². The third-order valence-corrected chi connectivity index (χ3v) is 4.95. The molecule has 0 atom stereocenters. The second-order valence-electron chi connectivity index (χ2n) is 6.01. The summed E-state index contributed by atoms with van der Waals surface area (Å²) < 4.78 is 11.8. The van der Waals surface area contributed by atoms with E-state index < -0.39 is 0 Å². The van der Waals surface area contributed by atoms with E-state index >= 15 is 0 Å². The van der Waals surface area contributed by atoms with Crippen molar-refractivity contribution in [2.75, 3.05) is 33.9 Å². The van der Waals surface area contributed by atoms with Crippen LogP contribution in [0.3, 0.4) is 0 Å². The molecule has 2 rings (SSSR count). The van der Waals surface area contributed by atoms with Crippen LogP contribution in [0.4, 0.5) is 0 Å². The van der Waals surface area contributed by atoms with Gasteiger partial charge in [0.1, 0.15) is 5.75 Å². The van der Waals surface area contributed by atoms with Crippen LogP contribution in [0.5, 0.6) is 5.75 Å². The molecule has 1 aromatic rings. The molecule has 3 nitrogen and oxygen atoms in total. The van der Waals surface area contributed by atoms with Crippen LogP contribution in [0.25, 0.3) is 0 Å². The summed E-state index contributed by atoms with van der Waals surface area (Å²) in [5.74, 6) is 1.00. The van der Waals surface area contributed by atoms with E-state index in [0.717, 1.165) is 36.3 Å². The lowest BCUT2D eigenvalue weighted by molar-refractivity contribution is 0.189. The van der Waals surface area contributed by atoms with Crippen LogP contribution < -0.4 is 10.1 Å². The van der Waals surface area contributed by atoms with Gasteiger partial charge in [-0.25, -0.2) is 0 Å². The Balaban J connectivity index is 2.07. The summed E-state index contributed by atoms with van der Waals surface area (Å²) in [5, 5.41) is 3.56. The molecule has 0 unspecified atom stereocenters. The number of ether oxygens (including phenoxy) is 2. The van der Waals surface area contributed by atoms with E-state index in [4.69, 9.17) is 9.47 Å². The summed E-state index contributed by atoms with van der Waals surface area (Å²) in [7, 11) is 3.50. The molecular weight excluding hydrogens is 330 g/mol. The van der Waals surface area contributed by atoms with Crippen molar-refractivity contribution in [1.29, 1.82) is 0 Å². The van der Waals surface area contributed by atoms with Crippen LogP contribution >= 0.6 is 15.9 Å². The number of halogens is 1. The SMILES string of the molecule is COCCNCC1(Cc2cc(Br)ccc2OC)CCCC1. The number of hydrogen-bond donors (Lipinski definition) is 1. The quantitative estimate of drug-likeness (QED) is 0.719. The van der Waals surface area contributed by atoms with Crippen LogP contribution in [0, 0.1) is 5.41 Å². The normalized spacial score (nSPS) is 17.1. The Kier molecular flexibility index (Phi) is 6.52. The fourth-order valence-corrected chi connectivity index (χ4v) is 3.77. The van der Waals surface area contributed by atoms with Gasteiger partial charge in [0.25, 0.3) is 0 Å². The van der Waals surface area contributed by atoms with E-state index in [1.807, 2.05) is 6.07 Å². The lowest BCUT2D eigenvalue weighted by Crippen LogP contribution is -2.35. The fourth-order valence-electron chi connectivity index (χ4n) is 3.36. The average molecular weight is 356 g/mol. The first-order valence-corrected chi connectivity index (χ1v) is 8.50. The average Bonchev–Trinajstić information content (AvgIpc) is 2.93. The van der Waals surface area contributed by atoms with Gasteiger partial charge in [-0.15, -0.1) is 0 Å². The summed E-state index contributed by atoms with van der Waals surface area (Å²) in [6.45, 7) is 2.76. The first-order chi connectivity index (χ1) is 10.2. The van der Waals surface area contributed by atoms with Gasteiger partial charge in [-0.2, -0.15) is 0 Å². The molecule has 0 saturated heterocycles. The van der Waals surface area contributed by atoms with Gasteiger partial charge >= 0.3 is 0 Å². The number of rotatable bonds is 8. The van der Waals surface area contributed by atoms with Crippen LogP contribution in [-0.2, 0) is 11.2 Å². The molecule has 0 aliphatic heterocycles. The molecule has 1 N–H and O–H groups in total. The van der Waals surface area contributed by atoms with Crippen LogP contribution in [0.2, 0.25) is 0 Å². The van der Waals surface area contributed by atoms with E-state index in [1.165, 1.54) is 31.2 Å². The van der Waals surface area contributed by atoms with E-state index in [9.17, 15) is 0 Å². The molecule has 21 heavy (non-hydrogen) atoms. The Morgan fingerprint density at radius 1 is 1.24 bits per heavy atom. The Morgan fingerprint density at radius 3 is 2.67 bits per heavy atom. The minimum atomic E-state index is 0.363. The first kappa shape index (κ1) is 16.8. The minimum absolute atomic E-state index is 0.363. The van der Waals surface area contributed by atoms with Crippen molar-refractivity contribution < 1.29 is 9.47 Å². The molecule has 0 heterocycles. The van der Waals surface area contributed by atoms with Gasteiger partial charge in [0, 0.05) is 24.7 Å². The van der Waals surface area contributed by atoms with Crippen molar-refractivity contribution >= 4 is 15.9 Å². The molecule has 0 spiro atoms. The summed E-state index contributed by atoms with van der Waals surface area (Å²) in [5.41, 5.74) is 1.67. The predicted molar refractivity (Wildman–Crippen MR) is 90.0 cm³/mol. The van der Waals surface area contributed by atoms with Crippen molar-refractivity contribution in [3.8, 4) is 5.75 Å². The van der Waals surface area contributed by atoms with Crippen molar-refractivity contribution in [3.63, 3.8) is 0 Å². The summed E-state index contributed by atoms with van der Waals surface area (Å²) >= 11 is 3.58. The zero-order valence-corrected chi connectivity index (χ0v) is 14.7. The van der Waals surface area contributed by atoms with Crippen molar-refractivity contribution in [2.45, 2.75) is 32.1 Å². The smallest absolute Gasteiger partial charge is 0.122 e. The summed E-state index contributed by atoms with van der Waals surface area (Å²) in [4.78, 5) is 0. The summed E-state index contributed by atoms with van der Waals surface area (Å²) in [6, 6.07) is 6.30. The highest BCUT2D eigenvalue weighted by Gasteiger charge is 2.34. The monoisotopic (exact) mass is 355 g/mol. The second-order valence-corrected chi connectivity index (χ2v) is 6.93. The maximum atomic E-state index is 5.54. The molecule has 1 aliphatic rings. The highest BCUT2D eigenvalue weighted by Crippen LogP contribution is 2.42. The van der Waals surface area contributed by atoms with Gasteiger partial charge in [0.15, 0.2) is 0 Å². The minimum Gasteiger partial charge on any atom is -0.496 e. The van der Waals surface area contributed by atoms with E-state index in [1.54, 1.807) is 14.2 Å². The van der Waals surface area contributed by atoms with Gasteiger partial charge in [-0.3, -0.25) is 0 Å². The highest BCUT2D eigenvalue weighted by molar-refractivity contribution is 9.10. The zero-order chi connectivity index (χ0) is 15.1. The molecule has 0 radical (unpaired) electrons. The van der Waals surface area contributed by atoms with E-state index in [2.05, 4.69) is 33.4 Å². The zero-order valence-electron chi connectivity index (χ0n) is 13.1. The molecule has 1 aliphatic carbocycles. The standard InChI is InChI=1S/C17H26BrNO2/c1-20-10-9-19-13-17(7-3-4-8-17)12-14-11-15(18)5-6-16(14)21-2/h5-6,11,19H,3-4,7-10,12-13H2,1-2H3. The third kappa shape index (κ3) is 4.70. The molecule has 0 amide bonds. The number of nitrogens with one attached hydrogen (secondary N) is 1. The Labute approximate surface area is 136 Å². The largest absolute Gasteiger partial charge is 0.496 e. The maximum Gasteiger partial charge on any atom is 0.122 e. The molecule has 0 bridgehead atoms. The second kappa shape index (κ2) is 8.16. The maximum absolute atomic E-state index is 5.54. The third-order valence-electron chi connectivity index (χ3n) is 4.46. The van der Waals surface area contributed by atoms with E-state index in [0.29, 0.717) is 5.41 Å². The van der Waals surface area contributed by atoms with Crippen LogP contribution in [-0.4, -0.2) is 33.9 Å². The van der Waals surface area contributed by atoms with Gasteiger partial charge in [-0.05, 0) is 48.4 Å². The van der Waals surface area contributed by atoms with Gasteiger partial charge in [0.05, 0.1) is 13.7 Å². The lowest BCUT2D eigenvalue weighted by Gasteiger charge is -2.30. The molecule has 1 fully saturated rings. The van der Waals surface area contributed by atoms with Gasteiger partial charge in [0.2, 0.25) is 0 Å². The Hall–Kier alpha value is -0.580. The number of benzene rings is 1. The van der Waals surface area contributed by atoms with E-state index in [-0.39, 0.29) is 0 Å². The van der Waals surface area contributed by atoms with Crippen molar-refractivity contribution in [1.82, 2.24) is 5.32 Å². The predicted octanol–water partition coefficient (Wildman–Crippen LogP) is 3.80. The molecule has 118 valence electrons. The van der Waals surface area contributed by atoms with Gasteiger partial charge < -0.3 is 14.8 Å². The highest BCUT2D eigenvalue weighted by atomic mass is 79.9. The Morgan fingerprint density at radius 2 is 2.00 bits per heavy atom. The number of methoxy groups -OCH3 is 2. The molecule has 4 heteroatoms. The summed E-state index contributed by atoms with van der Waals surface area (Å²) in [6.07, 6.45) is 6.34. The molecule has 0 aromatic heterocycles. The first-order valence-electron chi connectivity index (χ1n) is 7.71. The van der Waals surface area contributed by atoms with Crippen molar-refractivity contribution in [2.24, 2.45) is 5.41 Å². The van der Waals surface area contributed by atoms with Crippen molar-refractivity contribution in [3.05, 3.63) is 28.2 Å². The number of hydrogen-bond acceptors (Lipinski definition) is 3. The molecular formula is C17H26BrNO2. The van der Waals surface area contributed by atoms with Crippen LogP contribution in [0.1, 0.15) is 31.2 Å². The fraction of sp³-hybridized carbons (Fsp3) is 0.647. The lowest BCUT2D eigenvalue weighted by atomic mass is 9.79. The topological polar surface area (TPSA) is 30.5 Å². The Bertz CT molecular complexity index is 444. The molecule has 1 saturated carbocycles.